The molecular formula is C15H10N4O2. The molecule has 1 aromatic carbocycles. The van der Waals surface area contributed by atoms with Gasteiger partial charge in [0.05, 0.1) is 22.8 Å². The van der Waals surface area contributed by atoms with Gasteiger partial charge in [0.2, 0.25) is 0 Å². The van der Waals surface area contributed by atoms with Crippen LogP contribution in [0.3, 0.4) is 0 Å². The zero-order valence-corrected chi connectivity index (χ0v) is 11.1. The van der Waals surface area contributed by atoms with Gasteiger partial charge in [-0.05, 0) is 13.0 Å². The van der Waals surface area contributed by atoms with E-state index in [0.29, 0.717) is 22.6 Å². The quantitative estimate of drug-likeness (QED) is 0.776. The highest BCUT2D eigenvalue weighted by Crippen LogP contribution is 2.20. The molecule has 6 heteroatoms. The second-order valence-electron chi connectivity index (χ2n) is 4.53. The van der Waals surface area contributed by atoms with Crippen LogP contribution in [0.15, 0.2) is 36.5 Å². The maximum atomic E-state index is 11.1. The molecule has 0 fully saturated rings. The number of aromatic nitrogens is 3. The van der Waals surface area contributed by atoms with E-state index in [4.69, 9.17) is 5.11 Å². The summed E-state index contributed by atoms with van der Waals surface area (Å²) < 4.78 is 1.38. The summed E-state index contributed by atoms with van der Waals surface area (Å²) >= 11 is 0. The van der Waals surface area contributed by atoms with Gasteiger partial charge in [-0.15, -0.1) is 0 Å². The molecule has 0 saturated heterocycles. The highest BCUT2D eigenvalue weighted by atomic mass is 16.4. The molecule has 3 aromatic rings. The van der Waals surface area contributed by atoms with Crippen molar-refractivity contribution in [1.29, 1.82) is 5.26 Å². The first-order chi connectivity index (χ1) is 10.1. The van der Waals surface area contributed by atoms with E-state index in [0.717, 1.165) is 5.39 Å². The van der Waals surface area contributed by atoms with Gasteiger partial charge in [0.15, 0.2) is 5.82 Å². The number of hydrogen-bond acceptors (Lipinski definition) is 4. The van der Waals surface area contributed by atoms with E-state index in [2.05, 4.69) is 16.2 Å². The Morgan fingerprint density at radius 1 is 1.38 bits per heavy atom. The molecule has 3 rings (SSSR count). The third-order valence-electron chi connectivity index (χ3n) is 3.19. The first kappa shape index (κ1) is 12.8. The van der Waals surface area contributed by atoms with Crippen molar-refractivity contribution in [2.75, 3.05) is 0 Å². The lowest BCUT2D eigenvalue weighted by Crippen LogP contribution is -2.00. The summed E-state index contributed by atoms with van der Waals surface area (Å²) in [5.41, 5.74) is 1.65. The van der Waals surface area contributed by atoms with E-state index in [1.54, 1.807) is 19.1 Å². The average molecular weight is 278 g/mol. The summed E-state index contributed by atoms with van der Waals surface area (Å²) in [6.07, 6.45) is 1.40. The fourth-order valence-electron chi connectivity index (χ4n) is 2.16. The third kappa shape index (κ3) is 2.11. The van der Waals surface area contributed by atoms with Crippen LogP contribution in [0.25, 0.3) is 16.7 Å². The molecule has 0 radical (unpaired) electrons. The molecule has 0 saturated carbocycles. The van der Waals surface area contributed by atoms with E-state index < -0.39 is 5.97 Å². The number of fused-ring (bicyclic) bond motifs is 1. The first-order valence-electron chi connectivity index (χ1n) is 6.20. The Kier molecular flexibility index (Phi) is 2.88. The Morgan fingerprint density at radius 2 is 2.14 bits per heavy atom. The molecule has 0 aliphatic heterocycles. The minimum Gasteiger partial charge on any atom is -0.478 e. The highest BCUT2D eigenvalue weighted by Gasteiger charge is 2.14. The first-order valence-corrected chi connectivity index (χ1v) is 6.20. The summed E-state index contributed by atoms with van der Waals surface area (Å²) in [6.45, 7) is 1.62. The third-order valence-corrected chi connectivity index (χ3v) is 3.19. The number of carboxylic acids is 1. The van der Waals surface area contributed by atoms with Crippen LogP contribution in [-0.4, -0.2) is 25.8 Å². The number of benzene rings is 1. The van der Waals surface area contributed by atoms with Crippen LogP contribution >= 0.6 is 0 Å². The van der Waals surface area contributed by atoms with Crippen LogP contribution in [0.5, 0.6) is 0 Å². The van der Waals surface area contributed by atoms with E-state index in [9.17, 15) is 10.1 Å². The van der Waals surface area contributed by atoms with Gasteiger partial charge in [-0.1, -0.05) is 18.2 Å². The maximum Gasteiger partial charge on any atom is 0.339 e. The molecule has 21 heavy (non-hydrogen) atoms. The summed E-state index contributed by atoms with van der Waals surface area (Å²) in [4.78, 5) is 15.5. The van der Waals surface area contributed by atoms with Gasteiger partial charge in [0.1, 0.15) is 5.56 Å². The summed E-state index contributed by atoms with van der Waals surface area (Å²) in [5.74, 6) is -0.624. The number of hydrogen-bond donors (Lipinski definition) is 1. The molecule has 0 amide bonds. The zero-order chi connectivity index (χ0) is 15.0. The molecule has 0 aliphatic carbocycles. The zero-order valence-electron chi connectivity index (χ0n) is 11.1. The summed E-state index contributed by atoms with van der Waals surface area (Å²) in [7, 11) is 0. The van der Waals surface area contributed by atoms with E-state index >= 15 is 0 Å². The van der Waals surface area contributed by atoms with Crippen molar-refractivity contribution in [3.8, 4) is 11.9 Å². The van der Waals surface area contributed by atoms with Gasteiger partial charge >= 0.3 is 5.97 Å². The van der Waals surface area contributed by atoms with Gasteiger partial charge in [0, 0.05) is 17.6 Å². The lowest BCUT2D eigenvalue weighted by molar-refractivity contribution is 0.0696. The molecule has 2 aromatic heterocycles. The minimum atomic E-state index is -1.04. The second-order valence-corrected chi connectivity index (χ2v) is 4.53. The van der Waals surface area contributed by atoms with Crippen LogP contribution in [0.2, 0.25) is 0 Å². The van der Waals surface area contributed by atoms with Crippen molar-refractivity contribution in [3.63, 3.8) is 0 Å². The van der Waals surface area contributed by atoms with Crippen molar-refractivity contribution < 1.29 is 9.90 Å². The largest absolute Gasteiger partial charge is 0.478 e. The minimum absolute atomic E-state index is 0.114. The SMILES string of the molecule is Cc1nn(-c2cc(C#N)c3ccccc3n2)cc1C(=O)O. The lowest BCUT2D eigenvalue weighted by atomic mass is 10.1. The molecule has 1 N–H and O–H groups in total. The molecule has 0 unspecified atom stereocenters. The molecule has 0 bridgehead atoms. The number of nitriles is 1. The smallest absolute Gasteiger partial charge is 0.339 e. The topological polar surface area (TPSA) is 91.8 Å². The summed E-state index contributed by atoms with van der Waals surface area (Å²) in [6, 6.07) is 11.0. The molecule has 0 atom stereocenters. The molecular weight excluding hydrogens is 268 g/mol. The van der Waals surface area contributed by atoms with Crippen molar-refractivity contribution in [2.24, 2.45) is 0 Å². The molecule has 6 nitrogen and oxygen atoms in total. The monoisotopic (exact) mass is 278 g/mol. The number of carboxylic acid groups (broad SMARTS) is 1. The maximum absolute atomic E-state index is 11.1. The standard InChI is InChI=1S/C15H10N4O2/c1-9-12(15(20)21)8-19(18-9)14-6-10(7-16)11-4-2-3-5-13(11)17-14/h2-6,8H,1H3,(H,20,21). The number of aromatic carboxylic acids is 1. The lowest BCUT2D eigenvalue weighted by Gasteiger charge is -2.04. The van der Waals surface area contributed by atoms with Gasteiger partial charge in [-0.3, -0.25) is 0 Å². The Bertz CT molecular complexity index is 906. The Balaban J connectivity index is 2.24. The average Bonchev–Trinajstić information content (AvgIpc) is 2.88. The van der Waals surface area contributed by atoms with Gasteiger partial charge in [-0.25, -0.2) is 14.5 Å². The fourth-order valence-corrected chi connectivity index (χ4v) is 2.16. The van der Waals surface area contributed by atoms with Crippen LogP contribution in [0, 0.1) is 18.3 Å². The van der Waals surface area contributed by atoms with Gasteiger partial charge in [-0.2, -0.15) is 10.4 Å². The molecule has 102 valence electrons. The fraction of sp³-hybridized carbons (Fsp3) is 0.0667. The summed E-state index contributed by atoms with van der Waals surface area (Å²) in [5, 5.41) is 23.2. The number of aryl methyl sites for hydroxylation is 1. The van der Waals surface area contributed by atoms with Gasteiger partial charge < -0.3 is 5.11 Å². The Hall–Kier alpha value is -3.20. The highest BCUT2D eigenvalue weighted by molar-refractivity contribution is 5.89. The number of rotatable bonds is 2. The number of nitrogens with zero attached hydrogens (tertiary/aromatic N) is 4. The van der Waals surface area contributed by atoms with Crippen molar-refractivity contribution in [2.45, 2.75) is 6.92 Å². The van der Waals surface area contributed by atoms with E-state index in [1.165, 1.54) is 10.9 Å². The normalized spacial score (nSPS) is 10.5. The molecule has 0 spiro atoms. The number of pyridine rings is 1. The predicted octanol–water partition coefficient (Wildman–Crippen LogP) is 2.30. The van der Waals surface area contributed by atoms with Crippen LogP contribution in [-0.2, 0) is 0 Å². The van der Waals surface area contributed by atoms with Crippen molar-refractivity contribution >= 4 is 16.9 Å². The number of carbonyl (C=O) groups is 1. The molecule has 0 aliphatic rings. The van der Waals surface area contributed by atoms with Crippen molar-refractivity contribution in [1.82, 2.24) is 14.8 Å². The van der Waals surface area contributed by atoms with Crippen LogP contribution in [0.1, 0.15) is 21.6 Å². The van der Waals surface area contributed by atoms with E-state index in [1.807, 2.05) is 18.2 Å². The Morgan fingerprint density at radius 3 is 2.81 bits per heavy atom. The van der Waals surface area contributed by atoms with Crippen LogP contribution < -0.4 is 0 Å². The predicted molar refractivity (Wildman–Crippen MR) is 75.3 cm³/mol. The Labute approximate surface area is 119 Å². The second kappa shape index (κ2) is 4.72. The van der Waals surface area contributed by atoms with Gasteiger partial charge in [0.25, 0.3) is 0 Å². The van der Waals surface area contributed by atoms with Crippen LogP contribution in [0.4, 0.5) is 0 Å². The van der Waals surface area contributed by atoms with Crippen molar-refractivity contribution in [3.05, 3.63) is 53.3 Å². The van der Waals surface area contributed by atoms with E-state index in [-0.39, 0.29) is 5.56 Å². The number of para-hydroxylation sites is 1. The molecule has 2 heterocycles.